The number of anilines is 1. The fourth-order valence-corrected chi connectivity index (χ4v) is 3.54. The van der Waals surface area contributed by atoms with E-state index in [9.17, 15) is 13.5 Å². The lowest BCUT2D eigenvalue weighted by Crippen LogP contribution is -2.57. The Hall–Kier alpha value is -0.820. The molecule has 20 heavy (non-hydrogen) atoms. The van der Waals surface area contributed by atoms with Crippen molar-refractivity contribution in [2.75, 3.05) is 5.73 Å². The molecule has 0 atom stereocenters. The summed E-state index contributed by atoms with van der Waals surface area (Å²) >= 11 is 5.99. The Morgan fingerprint density at radius 1 is 1.25 bits per heavy atom. The van der Waals surface area contributed by atoms with Crippen LogP contribution < -0.4 is 10.5 Å². The maximum absolute atomic E-state index is 12.4. The maximum Gasteiger partial charge on any atom is 0.242 e. The molecule has 0 spiro atoms. The number of nitrogens with one attached hydrogen (secondary N) is 1. The van der Waals surface area contributed by atoms with Gasteiger partial charge < -0.3 is 10.8 Å². The second-order valence-corrected chi connectivity index (χ2v) is 7.99. The van der Waals surface area contributed by atoms with Gasteiger partial charge in [-0.15, -0.1) is 0 Å². The molecule has 7 heteroatoms. The summed E-state index contributed by atoms with van der Waals surface area (Å²) in [5, 5.41) is 10.1. The molecule has 0 fully saturated rings. The molecule has 0 saturated carbocycles. The van der Waals surface area contributed by atoms with Crippen molar-refractivity contribution in [2.24, 2.45) is 0 Å². The van der Waals surface area contributed by atoms with Crippen LogP contribution in [0.5, 0.6) is 0 Å². The third-order valence-corrected chi connectivity index (χ3v) is 5.65. The number of aliphatic hydroxyl groups is 1. The molecule has 114 valence electrons. The lowest BCUT2D eigenvalue weighted by molar-refractivity contribution is 0.00639. The van der Waals surface area contributed by atoms with Crippen molar-refractivity contribution in [3.63, 3.8) is 0 Å². The van der Waals surface area contributed by atoms with Gasteiger partial charge in [-0.05, 0) is 52.3 Å². The maximum atomic E-state index is 12.4. The van der Waals surface area contributed by atoms with Crippen LogP contribution in [0.2, 0.25) is 5.02 Å². The summed E-state index contributed by atoms with van der Waals surface area (Å²) in [5.74, 6) is 0. The van der Waals surface area contributed by atoms with E-state index in [1.54, 1.807) is 20.8 Å². The van der Waals surface area contributed by atoms with Crippen molar-refractivity contribution in [1.29, 1.82) is 0 Å². The number of hydrogen-bond acceptors (Lipinski definition) is 4. The monoisotopic (exact) mass is 320 g/mol. The van der Waals surface area contributed by atoms with Crippen molar-refractivity contribution >= 4 is 27.3 Å². The first-order chi connectivity index (χ1) is 8.78. The summed E-state index contributed by atoms with van der Waals surface area (Å²) in [5.41, 5.74) is 4.46. The number of sulfonamides is 1. The molecular formula is C13H21ClN2O3S. The van der Waals surface area contributed by atoms with E-state index in [4.69, 9.17) is 17.3 Å². The molecule has 5 nitrogen and oxygen atoms in total. The first-order valence-electron chi connectivity index (χ1n) is 6.10. The predicted octanol–water partition coefficient (Wildman–Crippen LogP) is 2.06. The molecule has 0 aromatic heterocycles. The molecule has 0 aliphatic carbocycles. The van der Waals surface area contributed by atoms with E-state index in [1.165, 1.54) is 26.0 Å². The van der Waals surface area contributed by atoms with E-state index in [0.29, 0.717) is 11.3 Å². The van der Waals surface area contributed by atoms with Gasteiger partial charge in [0, 0.05) is 5.69 Å². The Kier molecular flexibility index (Phi) is 4.46. The van der Waals surface area contributed by atoms with Crippen LogP contribution in [0.1, 0.15) is 33.3 Å². The third-order valence-electron chi connectivity index (χ3n) is 3.53. The van der Waals surface area contributed by atoms with Gasteiger partial charge in [0.1, 0.15) is 4.90 Å². The first-order valence-corrected chi connectivity index (χ1v) is 7.96. The van der Waals surface area contributed by atoms with E-state index in [-0.39, 0.29) is 9.92 Å². The van der Waals surface area contributed by atoms with Crippen LogP contribution in [0.15, 0.2) is 17.0 Å². The predicted molar refractivity (Wildman–Crippen MR) is 81.3 cm³/mol. The van der Waals surface area contributed by atoms with Crippen LogP contribution in [-0.4, -0.2) is 24.7 Å². The highest BCUT2D eigenvalue weighted by atomic mass is 35.5. The average Bonchev–Trinajstić information content (AvgIpc) is 2.19. The molecule has 0 radical (unpaired) electrons. The SMILES string of the molecule is Cc1cc(Cl)c(S(=O)(=O)NC(C)(C)C(C)(C)O)cc1N. The highest BCUT2D eigenvalue weighted by Crippen LogP contribution is 2.29. The molecular weight excluding hydrogens is 300 g/mol. The van der Waals surface area contributed by atoms with Crippen molar-refractivity contribution in [2.45, 2.75) is 50.7 Å². The van der Waals surface area contributed by atoms with E-state index in [0.717, 1.165) is 0 Å². The van der Waals surface area contributed by atoms with Gasteiger partial charge in [-0.3, -0.25) is 0 Å². The molecule has 0 heterocycles. The van der Waals surface area contributed by atoms with Crippen LogP contribution in [0.25, 0.3) is 0 Å². The van der Waals surface area contributed by atoms with Crippen LogP contribution >= 0.6 is 11.6 Å². The Balaban J connectivity index is 3.29. The molecule has 1 rings (SSSR count). The molecule has 0 aliphatic heterocycles. The van der Waals surface area contributed by atoms with Crippen molar-refractivity contribution < 1.29 is 13.5 Å². The number of hydrogen-bond donors (Lipinski definition) is 3. The average molecular weight is 321 g/mol. The fourth-order valence-electron chi connectivity index (χ4n) is 1.39. The molecule has 0 aliphatic rings. The first kappa shape index (κ1) is 17.2. The minimum absolute atomic E-state index is 0.0933. The number of halogens is 1. The zero-order valence-corrected chi connectivity index (χ0v) is 13.9. The van der Waals surface area contributed by atoms with Gasteiger partial charge in [0.2, 0.25) is 10.0 Å². The zero-order valence-electron chi connectivity index (χ0n) is 12.3. The third kappa shape index (κ3) is 3.44. The van der Waals surface area contributed by atoms with Gasteiger partial charge >= 0.3 is 0 Å². The van der Waals surface area contributed by atoms with Crippen LogP contribution in [0, 0.1) is 6.92 Å². The number of aryl methyl sites for hydroxylation is 1. The molecule has 1 aromatic carbocycles. The summed E-state index contributed by atoms with van der Waals surface area (Å²) in [4.78, 5) is -0.0976. The normalized spacial score (nSPS) is 13.6. The number of nitrogens with two attached hydrogens (primary N) is 1. The fraction of sp³-hybridized carbons (Fsp3) is 0.538. The topological polar surface area (TPSA) is 92.4 Å². The van der Waals surface area contributed by atoms with Gasteiger partial charge in [0.25, 0.3) is 0 Å². The summed E-state index contributed by atoms with van der Waals surface area (Å²) in [6.07, 6.45) is 0. The van der Waals surface area contributed by atoms with Gasteiger partial charge in [0.15, 0.2) is 0 Å². The van der Waals surface area contributed by atoms with Gasteiger partial charge in [-0.1, -0.05) is 11.6 Å². The lowest BCUT2D eigenvalue weighted by Gasteiger charge is -2.37. The number of benzene rings is 1. The molecule has 0 unspecified atom stereocenters. The number of nitrogen functional groups attached to an aromatic ring is 1. The zero-order chi connectivity index (χ0) is 15.9. The molecule has 4 N–H and O–H groups in total. The Morgan fingerprint density at radius 2 is 1.75 bits per heavy atom. The Bertz CT molecular complexity index is 619. The second kappa shape index (κ2) is 5.18. The minimum atomic E-state index is -3.89. The van der Waals surface area contributed by atoms with E-state index < -0.39 is 21.2 Å². The summed E-state index contributed by atoms with van der Waals surface area (Å²) < 4.78 is 27.3. The standard InChI is InChI=1S/C13H21ClN2O3S/c1-8-6-9(14)11(7-10(8)15)20(18,19)16-12(2,3)13(4,5)17/h6-7,16-17H,15H2,1-5H3. The quantitative estimate of drug-likeness (QED) is 0.740. The highest BCUT2D eigenvalue weighted by molar-refractivity contribution is 7.89. The van der Waals surface area contributed by atoms with Crippen molar-refractivity contribution in [1.82, 2.24) is 4.72 Å². The van der Waals surface area contributed by atoms with Gasteiger partial charge in [0.05, 0.1) is 16.2 Å². The molecule has 0 amide bonds. The number of rotatable bonds is 4. The van der Waals surface area contributed by atoms with Gasteiger partial charge in [-0.25, -0.2) is 13.1 Å². The summed E-state index contributed by atoms with van der Waals surface area (Å²) in [6, 6.07) is 2.82. The van der Waals surface area contributed by atoms with E-state index in [2.05, 4.69) is 4.72 Å². The largest absolute Gasteiger partial charge is 0.398 e. The smallest absolute Gasteiger partial charge is 0.242 e. The van der Waals surface area contributed by atoms with Crippen molar-refractivity contribution in [3.8, 4) is 0 Å². The van der Waals surface area contributed by atoms with Crippen molar-refractivity contribution in [3.05, 3.63) is 22.7 Å². The second-order valence-electron chi connectivity index (χ2n) is 5.93. The van der Waals surface area contributed by atoms with Crippen LogP contribution in [0.3, 0.4) is 0 Å². The highest BCUT2D eigenvalue weighted by Gasteiger charge is 2.39. The Labute approximate surface area is 125 Å². The van der Waals surface area contributed by atoms with Gasteiger partial charge in [-0.2, -0.15) is 0 Å². The lowest BCUT2D eigenvalue weighted by atomic mass is 9.87. The minimum Gasteiger partial charge on any atom is -0.398 e. The Morgan fingerprint density at radius 3 is 2.20 bits per heavy atom. The summed E-state index contributed by atoms with van der Waals surface area (Å²) in [7, 11) is -3.89. The van der Waals surface area contributed by atoms with E-state index in [1.807, 2.05) is 0 Å². The van der Waals surface area contributed by atoms with Crippen LogP contribution in [-0.2, 0) is 10.0 Å². The van der Waals surface area contributed by atoms with Crippen LogP contribution in [0.4, 0.5) is 5.69 Å². The summed E-state index contributed by atoms with van der Waals surface area (Å²) in [6.45, 7) is 7.99. The molecule has 0 saturated heterocycles. The molecule has 0 bridgehead atoms. The van der Waals surface area contributed by atoms with E-state index >= 15 is 0 Å². The molecule has 1 aromatic rings.